The predicted octanol–water partition coefficient (Wildman–Crippen LogP) is 5.14. The van der Waals surface area contributed by atoms with Crippen molar-refractivity contribution in [2.75, 3.05) is 18.9 Å². The second-order valence-corrected chi connectivity index (χ2v) is 9.95. The van der Waals surface area contributed by atoms with E-state index in [1.807, 2.05) is 80.6 Å². The second-order valence-electron chi connectivity index (χ2n) is 7.98. The van der Waals surface area contributed by atoms with Crippen molar-refractivity contribution >= 4 is 39.2 Å². The fraction of sp³-hybridized carbons (Fsp3) is 0.269. The van der Waals surface area contributed by atoms with Crippen LogP contribution < -0.4 is 10.9 Å². The van der Waals surface area contributed by atoms with Crippen molar-refractivity contribution in [1.29, 1.82) is 0 Å². The van der Waals surface area contributed by atoms with Crippen LogP contribution in [0.3, 0.4) is 0 Å². The number of hydrogen-bond donors (Lipinski definition) is 1. The Balaban J connectivity index is 1.58. The molecule has 0 unspecified atom stereocenters. The molecule has 0 radical (unpaired) electrons. The van der Waals surface area contributed by atoms with Gasteiger partial charge in [0, 0.05) is 18.0 Å². The number of amides is 1. The predicted molar refractivity (Wildman–Crippen MR) is 140 cm³/mol. The summed E-state index contributed by atoms with van der Waals surface area (Å²) >= 11 is 2.75. The maximum absolute atomic E-state index is 13.5. The van der Waals surface area contributed by atoms with Crippen LogP contribution in [0.15, 0.2) is 76.7 Å². The molecule has 2 aromatic carbocycles. The van der Waals surface area contributed by atoms with E-state index < -0.39 is 0 Å². The number of ether oxygens (including phenoxy) is 1. The number of carbonyl (C=O) groups excluding carboxylic acids is 1. The summed E-state index contributed by atoms with van der Waals surface area (Å²) in [5.74, 6) is 0.0758. The third-order valence-corrected chi connectivity index (χ3v) is 7.05. The van der Waals surface area contributed by atoms with Gasteiger partial charge in [0.25, 0.3) is 5.56 Å². The molecular weight excluding hydrogens is 466 g/mol. The number of nitrogens with one attached hydrogen (secondary N) is 1. The first-order valence-electron chi connectivity index (χ1n) is 11.2. The van der Waals surface area contributed by atoms with Crippen LogP contribution in [-0.4, -0.2) is 40.5 Å². The second kappa shape index (κ2) is 11.5. The highest BCUT2D eigenvalue weighted by molar-refractivity contribution is 7.99. The standard InChI is InChI=1S/C26H27N3O3S2/c1-18(2)32-15-9-14-27-23(30)17-33-26-28-24-21(16-22(34-24)19-10-5-3-6-11-19)25(31)29(26)20-12-7-4-8-13-20/h3-8,10-13,16,18H,9,14-15,17H2,1-2H3,(H,27,30). The molecule has 1 amide bonds. The van der Waals surface area contributed by atoms with Crippen molar-refractivity contribution in [3.63, 3.8) is 0 Å². The van der Waals surface area contributed by atoms with Gasteiger partial charge in [-0.25, -0.2) is 4.98 Å². The van der Waals surface area contributed by atoms with Gasteiger partial charge >= 0.3 is 0 Å². The minimum absolute atomic E-state index is 0.0975. The zero-order chi connectivity index (χ0) is 23.9. The van der Waals surface area contributed by atoms with Gasteiger partial charge in [0.15, 0.2) is 5.16 Å². The van der Waals surface area contributed by atoms with Crippen molar-refractivity contribution < 1.29 is 9.53 Å². The Labute approximate surface area is 207 Å². The van der Waals surface area contributed by atoms with Gasteiger partial charge in [-0.15, -0.1) is 11.3 Å². The number of hydrogen-bond acceptors (Lipinski definition) is 6. The maximum Gasteiger partial charge on any atom is 0.267 e. The van der Waals surface area contributed by atoms with Gasteiger partial charge in [0.05, 0.1) is 22.9 Å². The van der Waals surface area contributed by atoms with Gasteiger partial charge in [-0.05, 0) is 44.0 Å². The van der Waals surface area contributed by atoms with E-state index in [0.29, 0.717) is 28.5 Å². The first-order valence-corrected chi connectivity index (χ1v) is 13.0. The maximum atomic E-state index is 13.5. The van der Waals surface area contributed by atoms with Crippen molar-refractivity contribution in [3.05, 3.63) is 77.1 Å². The molecule has 0 aliphatic rings. The normalized spacial score (nSPS) is 11.3. The SMILES string of the molecule is CC(C)OCCCNC(=O)CSc1nc2sc(-c3ccccc3)cc2c(=O)n1-c1ccccc1. The lowest BCUT2D eigenvalue weighted by Gasteiger charge is -2.12. The molecule has 0 atom stereocenters. The molecule has 2 aromatic heterocycles. The van der Waals surface area contributed by atoms with Crippen LogP contribution in [0.4, 0.5) is 0 Å². The Bertz CT molecular complexity index is 1300. The van der Waals surface area contributed by atoms with Crippen LogP contribution in [0, 0.1) is 0 Å². The lowest BCUT2D eigenvalue weighted by molar-refractivity contribution is -0.118. The fourth-order valence-electron chi connectivity index (χ4n) is 3.41. The Morgan fingerprint density at radius 2 is 1.82 bits per heavy atom. The number of thioether (sulfide) groups is 1. The largest absolute Gasteiger partial charge is 0.379 e. The van der Waals surface area contributed by atoms with Gasteiger partial charge in [-0.1, -0.05) is 60.3 Å². The third kappa shape index (κ3) is 5.94. The molecule has 1 N–H and O–H groups in total. The van der Waals surface area contributed by atoms with Gasteiger partial charge in [0.1, 0.15) is 4.83 Å². The summed E-state index contributed by atoms with van der Waals surface area (Å²) in [5.41, 5.74) is 1.64. The fourth-order valence-corrected chi connectivity index (χ4v) is 5.33. The molecule has 0 aliphatic carbocycles. The van der Waals surface area contributed by atoms with E-state index in [0.717, 1.165) is 22.5 Å². The number of benzene rings is 2. The van der Waals surface area contributed by atoms with Crippen LogP contribution in [0.2, 0.25) is 0 Å². The van der Waals surface area contributed by atoms with Gasteiger partial charge in [-0.3, -0.25) is 14.2 Å². The van der Waals surface area contributed by atoms with Crippen LogP contribution >= 0.6 is 23.1 Å². The smallest absolute Gasteiger partial charge is 0.267 e. The number of para-hydroxylation sites is 1. The first kappa shape index (κ1) is 24.2. The highest BCUT2D eigenvalue weighted by Crippen LogP contribution is 2.32. The molecule has 176 valence electrons. The number of nitrogens with zero attached hydrogens (tertiary/aromatic N) is 2. The van der Waals surface area contributed by atoms with E-state index in [-0.39, 0.29) is 23.3 Å². The summed E-state index contributed by atoms with van der Waals surface area (Å²) in [6, 6.07) is 21.3. The Hall–Kier alpha value is -2.94. The van der Waals surface area contributed by atoms with Crippen LogP contribution in [0.5, 0.6) is 0 Å². The van der Waals surface area contributed by atoms with Crippen molar-refractivity contribution in [2.45, 2.75) is 31.5 Å². The lowest BCUT2D eigenvalue weighted by atomic mass is 10.2. The molecule has 0 spiro atoms. The number of aromatic nitrogens is 2. The molecule has 6 nitrogen and oxygen atoms in total. The Morgan fingerprint density at radius 1 is 1.12 bits per heavy atom. The molecule has 0 bridgehead atoms. The summed E-state index contributed by atoms with van der Waals surface area (Å²) in [7, 11) is 0. The van der Waals surface area contributed by atoms with Crippen molar-refractivity contribution in [2.24, 2.45) is 0 Å². The zero-order valence-electron chi connectivity index (χ0n) is 19.2. The summed E-state index contributed by atoms with van der Waals surface area (Å²) in [5, 5.41) is 3.99. The minimum atomic E-state index is -0.136. The van der Waals surface area contributed by atoms with Crippen molar-refractivity contribution in [1.82, 2.24) is 14.9 Å². The molecule has 34 heavy (non-hydrogen) atoms. The summed E-state index contributed by atoms with van der Waals surface area (Å²) < 4.78 is 7.10. The lowest BCUT2D eigenvalue weighted by Crippen LogP contribution is -2.28. The number of carbonyl (C=O) groups is 1. The quantitative estimate of drug-likeness (QED) is 0.188. The van der Waals surface area contributed by atoms with Crippen LogP contribution in [0.1, 0.15) is 20.3 Å². The van der Waals surface area contributed by atoms with Gasteiger partial charge < -0.3 is 10.1 Å². The highest BCUT2D eigenvalue weighted by Gasteiger charge is 2.17. The van der Waals surface area contributed by atoms with E-state index in [2.05, 4.69) is 5.32 Å². The monoisotopic (exact) mass is 493 g/mol. The van der Waals surface area contributed by atoms with Crippen molar-refractivity contribution in [3.8, 4) is 16.1 Å². The van der Waals surface area contributed by atoms with E-state index in [9.17, 15) is 9.59 Å². The van der Waals surface area contributed by atoms with Crippen LogP contribution in [0.25, 0.3) is 26.3 Å². The molecule has 2 heterocycles. The first-order chi connectivity index (χ1) is 16.5. The molecule has 0 aliphatic heterocycles. The van der Waals surface area contributed by atoms with E-state index in [1.54, 1.807) is 4.57 Å². The van der Waals surface area contributed by atoms with Gasteiger partial charge in [0.2, 0.25) is 5.91 Å². The average Bonchev–Trinajstić information content (AvgIpc) is 3.28. The molecular formula is C26H27N3O3S2. The van der Waals surface area contributed by atoms with Crippen LogP contribution in [-0.2, 0) is 9.53 Å². The molecule has 0 fully saturated rings. The summed E-state index contributed by atoms with van der Waals surface area (Å²) in [4.78, 5) is 32.4. The Morgan fingerprint density at radius 3 is 2.53 bits per heavy atom. The molecule has 4 aromatic rings. The minimum Gasteiger partial charge on any atom is -0.379 e. The topological polar surface area (TPSA) is 73.2 Å². The zero-order valence-corrected chi connectivity index (χ0v) is 20.8. The third-order valence-electron chi connectivity index (χ3n) is 5.03. The highest BCUT2D eigenvalue weighted by atomic mass is 32.2. The molecule has 0 saturated heterocycles. The number of thiophene rings is 1. The summed E-state index contributed by atoms with van der Waals surface area (Å²) in [6.07, 6.45) is 0.937. The van der Waals surface area contributed by atoms with Gasteiger partial charge in [-0.2, -0.15) is 0 Å². The molecule has 8 heteroatoms. The van der Waals surface area contributed by atoms with E-state index >= 15 is 0 Å². The number of rotatable bonds is 10. The Kier molecular flexibility index (Phi) is 8.16. The summed E-state index contributed by atoms with van der Waals surface area (Å²) in [6.45, 7) is 5.14. The average molecular weight is 494 g/mol. The molecule has 4 rings (SSSR count). The van der Waals surface area contributed by atoms with E-state index in [4.69, 9.17) is 9.72 Å². The number of fused-ring (bicyclic) bond motifs is 1. The molecule has 0 saturated carbocycles. The van der Waals surface area contributed by atoms with E-state index in [1.165, 1.54) is 23.1 Å².